The van der Waals surface area contributed by atoms with Gasteiger partial charge in [0.15, 0.2) is 5.78 Å². The van der Waals surface area contributed by atoms with E-state index in [9.17, 15) is 9.90 Å². The van der Waals surface area contributed by atoms with Gasteiger partial charge in [-0.25, -0.2) is 0 Å². The van der Waals surface area contributed by atoms with Gasteiger partial charge in [-0.15, -0.1) is 0 Å². The molecule has 6 aromatic rings. The summed E-state index contributed by atoms with van der Waals surface area (Å²) in [7, 11) is 0. The molecule has 2 nitrogen and oxygen atoms in total. The maximum Gasteiger partial charge on any atom is 0.192 e. The second-order valence-corrected chi connectivity index (χ2v) is 10.4. The summed E-state index contributed by atoms with van der Waals surface area (Å²) in [5, 5.41) is 20.6. The van der Waals surface area contributed by atoms with E-state index in [0.717, 1.165) is 23.1 Å². The molecule has 0 radical (unpaired) electrons. The minimum absolute atomic E-state index is 0.170. The highest BCUT2D eigenvalue weighted by Crippen LogP contribution is 2.50. The standard InChI is InChI=1S/C34H20O2/c35-29-14-13-21-23-10-12-27-24-7-5-18-15-17-3-1-2-4-20(17)22-9-11-26(32(24)30(18)22)25-8-6-19(31(23)33(25)27)16-28(21)34(29)36/h1-14,29,35H,15-16H2. The number of ketones is 1. The molecule has 0 aliphatic heterocycles. The zero-order chi connectivity index (χ0) is 23.7. The van der Waals surface area contributed by atoms with Gasteiger partial charge in [0.25, 0.3) is 0 Å². The van der Waals surface area contributed by atoms with Crippen molar-refractivity contribution in [1.82, 2.24) is 0 Å². The van der Waals surface area contributed by atoms with Gasteiger partial charge in [-0.05, 0) is 94.5 Å². The summed E-state index contributed by atoms with van der Waals surface area (Å²) in [6.45, 7) is 0. The molecule has 0 amide bonds. The Labute approximate surface area is 207 Å². The van der Waals surface area contributed by atoms with Gasteiger partial charge in [0.1, 0.15) is 6.10 Å². The summed E-state index contributed by atoms with van der Waals surface area (Å²) in [5.74, 6) is -0.170. The predicted molar refractivity (Wildman–Crippen MR) is 147 cm³/mol. The van der Waals surface area contributed by atoms with Crippen molar-refractivity contribution in [3.63, 3.8) is 0 Å². The van der Waals surface area contributed by atoms with Gasteiger partial charge < -0.3 is 5.11 Å². The van der Waals surface area contributed by atoms with E-state index in [2.05, 4.69) is 72.8 Å². The minimum Gasteiger partial charge on any atom is -0.381 e. The molecule has 2 heteroatoms. The van der Waals surface area contributed by atoms with Gasteiger partial charge in [0, 0.05) is 12.0 Å². The summed E-state index contributed by atoms with van der Waals surface area (Å²) in [5.41, 5.74) is 9.45. The summed E-state index contributed by atoms with van der Waals surface area (Å²) in [4.78, 5) is 12.8. The lowest BCUT2D eigenvalue weighted by Crippen LogP contribution is -2.26. The molecule has 0 spiro atoms. The van der Waals surface area contributed by atoms with Crippen LogP contribution in [0, 0.1) is 0 Å². The van der Waals surface area contributed by atoms with Crippen molar-refractivity contribution in [2.24, 2.45) is 0 Å². The predicted octanol–water partition coefficient (Wildman–Crippen LogP) is 7.12. The highest BCUT2D eigenvalue weighted by molar-refractivity contribution is 6.36. The fraction of sp³-hybridized carbons (Fsp3) is 0.0882. The number of benzene rings is 6. The number of hydrogen-bond acceptors (Lipinski definition) is 2. The molecular formula is C34H20O2. The third-order valence-electron chi connectivity index (χ3n) is 8.76. The molecule has 9 rings (SSSR count). The van der Waals surface area contributed by atoms with Crippen LogP contribution in [0.15, 0.2) is 90.5 Å². The third kappa shape index (κ3) is 2.11. The first-order chi connectivity index (χ1) is 17.7. The highest BCUT2D eigenvalue weighted by atomic mass is 16.3. The second-order valence-electron chi connectivity index (χ2n) is 10.4. The van der Waals surface area contributed by atoms with Crippen LogP contribution < -0.4 is 0 Å². The van der Waals surface area contributed by atoms with Crippen molar-refractivity contribution in [2.75, 3.05) is 0 Å². The van der Waals surface area contributed by atoms with E-state index in [0.29, 0.717) is 6.42 Å². The van der Waals surface area contributed by atoms with E-state index in [4.69, 9.17) is 0 Å². The summed E-state index contributed by atoms with van der Waals surface area (Å²) >= 11 is 0. The summed E-state index contributed by atoms with van der Waals surface area (Å²) in [6.07, 6.45) is 4.06. The van der Waals surface area contributed by atoms with Crippen LogP contribution in [-0.4, -0.2) is 17.0 Å². The van der Waals surface area contributed by atoms with Gasteiger partial charge in [0.2, 0.25) is 0 Å². The average molecular weight is 461 g/mol. The lowest BCUT2D eigenvalue weighted by atomic mass is 9.75. The van der Waals surface area contributed by atoms with Crippen LogP contribution in [0.3, 0.4) is 0 Å². The maximum absolute atomic E-state index is 12.8. The number of carbonyl (C=O) groups is 1. The molecule has 3 aliphatic carbocycles. The Bertz CT molecular complexity index is 2050. The van der Waals surface area contributed by atoms with Crippen LogP contribution in [-0.2, 0) is 17.6 Å². The Hall–Kier alpha value is -4.27. The Morgan fingerprint density at radius 1 is 0.583 bits per heavy atom. The van der Waals surface area contributed by atoms with Crippen molar-refractivity contribution in [1.29, 1.82) is 0 Å². The fourth-order valence-electron chi connectivity index (χ4n) is 7.23. The third-order valence-corrected chi connectivity index (χ3v) is 8.76. The summed E-state index contributed by atoms with van der Waals surface area (Å²) < 4.78 is 0. The van der Waals surface area contributed by atoms with Crippen LogP contribution in [0.4, 0.5) is 0 Å². The molecule has 36 heavy (non-hydrogen) atoms. The molecule has 0 fully saturated rings. The first-order valence-electron chi connectivity index (χ1n) is 12.6. The van der Waals surface area contributed by atoms with Crippen LogP contribution >= 0.6 is 0 Å². The number of hydrogen-bond donors (Lipinski definition) is 1. The van der Waals surface area contributed by atoms with E-state index in [1.165, 1.54) is 70.9 Å². The molecule has 6 aromatic carbocycles. The van der Waals surface area contributed by atoms with Crippen LogP contribution in [0.5, 0.6) is 0 Å². The quantitative estimate of drug-likeness (QED) is 0.193. The largest absolute Gasteiger partial charge is 0.381 e. The maximum atomic E-state index is 12.8. The molecule has 0 saturated heterocycles. The van der Waals surface area contributed by atoms with Gasteiger partial charge >= 0.3 is 0 Å². The number of carbonyl (C=O) groups excluding carboxylic acids is 1. The molecule has 168 valence electrons. The molecule has 1 atom stereocenters. The smallest absolute Gasteiger partial charge is 0.192 e. The van der Waals surface area contributed by atoms with Gasteiger partial charge in [-0.1, -0.05) is 78.9 Å². The normalized spacial score (nSPS) is 18.0. The first kappa shape index (κ1) is 19.0. The van der Waals surface area contributed by atoms with Crippen LogP contribution in [0.1, 0.15) is 22.3 Å². The van der Waals surface area contributed by atoms with E-state index < -0.39 is 6.10 Å². The highest BCUT2D eigenvalue weighted by Gasteiger charge is 2.31. The van der Waals surface area contributed by atoms with Crippen LogP contribution in [0.25, 0.3) is 59.8 Å². The number of allylic oxidation sites excluding steroid dienone is 2. The van der Waals surface area contributed by atoms with Gasteiger partial charge in [-0.2, -0.15) is 0 Å². The Morgan fingerprint density at radius 2 is 1.19 bits per heavy atom. The Balaban J connectivity index is 1.46. The van der Waals surface area contributed by atoms with E-state index in [1.807, 2.05) is 6.08 Å². The van der Waals surface area contributed by atoms with Crippen molar-refractivity contribution >= 4 is 54.4 Å². The number of Topliss-reactive ketones (excluding diaryl/α,β-unsaturated/α-hetero) is 1. The molecule has 1 N–H and O–H groups in total. The lowest BCUT2D eigenvalue weighted by Gasteiger charge is -2.28. The monoisotopic (exact) mass is 460 g/mol. The number of aliphatic hydroxyl groups excluding tert-OH is 1. The van der Waals surface area contributed by atoms with Crippen molar-refractivity contribution in [3.8, 4) is 11.1 Å². The molecule has 3 aliphatic rings. The zero-order valence-corrected chi connectivity index (χ0v) is 19.4. The first-order valence-corrected chi connectivity index (χ1v) is 12.6. The fourth-order valence-corrected chi connectivity index (χ4v) is 7.23. The summed E-state index contributed by atoms with van der Waals surface area (Å²) in [6, 6.07) is 26.9. The number of aliphatic hydroxyl groups is 1. The van der Waals surface area contributed by atoms with E-state index >= 15 is 0 Å². The second kappa shape index (κ2) is 6.29. The zero-order valence-electron chi connectivity index (χ0n) is 19.4. The Morgan fingerprint density at radius 3 is 1.94 bits per heavy atom. The molecule has 0 bridgehead atoms. The molecule has 0 saturated carbocycles. The van der Waals surface area contributed by atoms with Gasteiger partial charge in [0.05, 0.1) is 0 Å². The van der Waals surface area contributed by atoms with Crippen molar-refractivity contribution < 1.29 is 9.90 Å². The van der Waals surface area contributed by atoms with Crippen molar-refractivity contribution in [2.45, 2.75) is 18.9 Å². The lowest BCUT2D eigenvalue weighted by molar-refractivity contribution is -0.121. The molecular weight excluding hydrogens is 440 g/mol. The molecule has 0 aromatic heterocycles. The molecule has 0 heterocycles. The number of rotatable bonds is 0. The van der Waals surface area contributed by atoms with Gasteiger partial charge in [-0.3, -0.25) is 4.79 Å². The SMILES string of the molecule is O=C1C2=C(C=CC1O)c1ccc3c4ccc5c6c(ccc(c7ccc(c1c37)C2)c64)-c1ccccc1C5. The molecule has 1 unspecified atom stereocenters. The van der Waals surface area contributed by atoms with Crippen LogP contribution in [0.2, 0.25) is 0 Å². The topological polar surface area (TPSA) is 37.3 Å². The number of fused-ring (bicyclic) bond motifs is 5. The van der Waals surface area contributed by atoms with Crippen molar-refractivity contribution in [3.05, 3.63) is 113 Å². The average Bonchev–Trinajstić information content (AvgIpc) is 2.92. The van der Waals surface area contributed by atoms with E-state index in [-0.39, 0.29) is 5.78 Å². The van der Waals surface area contributed by atoms with E-state index in [1.54, 1.807) is 6.08 Å². The Kier molecular flexibility index (Phi) is 3.31. The minimum atomic E-state index is -1.03.